The molecule has 4 rings (SSSR count). The van der Waals surface area contributed by atoms with Crippen molar-refractivity contribution in [3.63, 3.8) is 0 Å². The second-order valence-corrected chi connectivity index (χ2v) is 10.3. The summed E-state index contributed by atoms with van der Waals surface area (Å²) in [4.78, 5) is 29.5. The van der Waals surface area contributed by atoms with Crippen LogP contribution in [-0.4, -0.2) is 28.9 Å². The van der Waals surface area contributed by atoms with Gasteiger partial charge in [0.1, 0.15) is 23.1 Å². The fraction of sp³-hybridized carbons (Fsp3) is 0.393. The van der Waals surface area contributed by atoms with E-state index in [4.69, 9.17) is 4.74 Å². The molecule has 2 aromatic carbocycles. The fourth-order valence-corrected chi connectivity index (χ4v) is 4.96. The highest BCUT2D eigenvalue weighted by Gasteiger charge is 2.24. The smallest absolute Gasteiger partial charge is 0.270 e. The summed E-state index contributed by atoms with van der Waals surface area (Å²) in [5.74, 6) is 1.18. The van der Waals surface area contributed by atoms with Crippen molar-refractivity contribution in [3.8, 4) is 5.75 Å². The van der Waals surface area contributed by atoms with Gasteiger partial charge in [-0.2, -0.15) is 0 Å². The Morgan fingerprint density at radius 2 is 1.63 bits per heavy atom. The van der Waals surface area contributed by atoms with Crippen LogP contribution >= 0.6 is 11.3 Å². The number of amides is 2. The number of hydrogen-bond donors (Lipinski definition) is 2. The Labute approximate surface area is 211 Å². The summed E-state index contributed by atoms with van der Waals surface area (Å²) in [6.07, 6.45) is 3.80. The predicted molar refractivity (Wildman–Crippen MR) is 139 cm³/mol. The van der Waals surface area contributed by atoms with Gasteiger partial charge in [-0.25, -0.2) is 4.98 Å². The van der Waals surface area contributed by atoms with E-state index in [-0.39, 0.29) is 23.9 Å². The molecule has 0 atom stereocenters. The third-order valence-corrected chi connectivity index (χ3v) is 7.15. The molecule has 0 spiro atoms. The maximum absolute atomic E-state index is 12.7. The van der Waals surface area contributed by atoms with Crippen molar-refractivity contribution in [1.29, 1.82) is 0 Å². The van der Waals surface area contributed by atoms with Gasteiger partial charge in [0.15, 0.2) is 0 Å². The van der Waals surface area contributed by atoms with Gasteiger partial charge in [0.2, 0.25) is 5.91 Å². The van der Waals surface area contributed by atoms with Crippen LogP contribution in [0.15, 0.2) is 60.0 Å². The minimum atomic E-state index is -0.148. The molecular formula is C28H33N3O3S. The maximum Gasteiger partial charge on any atom is 0.270 e. The third kappa shape index (κ3) is 7.39. The Kier molecular flexibility index (Phi) is 8.53. The van der Waals surface area contributed by atoms with Crippen LogP contribution in [0.4, 0.5) is 0 Å². The lowest BCUT2D eigenvalue weighted by Gasteiger charge is -2.29. The molecule has 2 N–H and O–H groups in total. The van der Waals surface area contributed by atoms with Gasteiger partial charge in [0.25, 0.3) is 5.91 Å². The number of rotatable bonds is 9. The first-order chi connectivity index (χ1) is 17.0. The van der Waals surface area contributed by atoms with E-state index in [2.05, 4.69) is 41.6 Å². The Morgan fingerprint density at radius 1 is 0.971 bits per heavy atom. The van der Waals surface area contributed by atoms with E-state index in [9.17, 15) is 9.59 Å². The zero-order valence-electron chi connectivity index (χ0n) is 20.3. The van der Waals surface area contributed by atoms with Crippen molar-refractivity contribution in [3.05, 3.63) is 81.8 Å². The number of aromatic nitrogens is 1. The van der Waals surface area contributed by atoms with Gasteiger partial charge >= 0.3 is 0 Å². The van der Waals surface area contributed by atoms with Gasteiger partial charge in [-0.1, -0.05) is 56.3 Å². The molecule has 1 saturated carbocycles. The van der Waals surface area contributed by atoms with E-state index >= 15 is 0 Å². The van der Waals surface area contributed by atoms with Gasteiger partial charge < -0.3 is 15.4 Å². The van der Waals surface area contributed by atoms with Gasteiger partial charge in [-0.3, -0.25) is 9.59 Å². The average molecular weight is 492 g/mol. The molecule has 1 aliphatic rings. The van der Waals surface area contributed by atoms with E-state index in [1.165, 1.54) is 16.9 Å². The highest BCUT2D eigenvalue weighted by molar-refractivity contribution is 7.09. The Morgan fingerprint density at radius 3 is 2.29 bits per heavy atom. The SMILES string of the molecule is CC(C)c1ccc(OCc2nc(C(=O)NC3CCC(NC(=O)Cc4ccccc4)CC3)cs2)cc1. The summed E-state index contributed by atoms with van der Waals surface area (Å²) in [6, 6.07) is 18.1. The zero-order chi connectivity index (χ0) is 24.6. The molecule has 0 bridgehead atoms. The third-order valence-electron chi connectivity index (χ3n) is 6.33. The first-order valence-corrected chi connectivity index (χ1v) is 13.2. The first kappa shape index (κ1) is 24.9. The monoisotopic (exact) mass is 491 g/mol. The Balaban J connectivity index is 1.18. The second kappa shape index (κ2) is 12.0. The molecule has 35 heavy (non-hydrogen) atoms. The minimum absolute atomic E-state index is 0.0526. The standard InChI is InChI=1S/C28H33N3O3S/c1-19(2)21-8-14-24(15-9-21)34-17-27-31-25(18-35-27)28(33)30-23-12-10-22(11-13-23)29-26(32)16-20-6-4-3-5-7-20/h3-9,14-15,18-19,22-23H,10-13,16-17H2,1-2H3,(H,29,32)(H,30,33). The molecule has 1 aromatic heterocycles. The molecule has 1 heterocycles. The molecule has 3 aromatic rings. The van der Waals surface area contributed by atoms with Gasteiger partial charge in [0.05, 0.1) is 6.42 Å². The van der Waals surface area contributed by atoms with Gasteiger partial charge in [-0.05, 0) is 54.9 Å². The number of hydrogen-bond acceptors (Lipinski definition) is 5. The average Bonchev–Trinajstić information content (AvgIpc) is 3.34. The van der Waals surface area contributed by atoms with E-state index in [1.807, 2.05) is 42.5 Å². The summed E-state index contributed by atoms with van der Waals surface area (Å²) >= 11 is 1.43. The van der Waals surface area contributed by atoms with Crippen LogP contribution in [0.2, 0.25) is 0 Å². The van der Waals surface area contributed by atoms with Crippen LogP contribution < -0.4 is 15.4 Å². The number of carbonyl (C=O) groups excluding carboxylic acids is 2. The molecule has 0 unspecified atom stereocenters. The lowest BCUT2D eigenvalue weighted by atomic mass is 9.91. The van der Waals surface area contributed by atoms with E-state index in [1.54, 1.807) is 5.38 Å². The van der Waals surface area contributed by atoms with Crippen molar-refractivity contribution in [2.24, 2.45) is 0 Å². The van der Waals surface area contributed by atoms with Crippen molar-refractivity contribution in [2.75, 3.05) is 0 Å². The van der Waals surface area contributed by atoms with Crippen molar-refractivity contribution < 1.29 is 14.3 Å². The van der Waals surface area contributed by atoms with Crippen LogP contribution in [0, 0.1) is 0 Å². The largest absolute Gasteiger partial charge is 0.486 e. The molecular weight excluding hydrogens is 458 g/mol. The molecule has 0 radical (unpaired) electrons. The Bertz CT molecular complexity index is 1100. The van der Waals surface area contributed by atoms with E-state index in [0.717, 1.165) is 42.0 Å². The number of nitrogens with zero attached hydrogens (tertiary/aromatic N) is 1. The molecule has 1 aliphatic carbocycles. The first-order valence-electron chi connectivity index (χ1n) is 12.3. The highest BCUT2D eigenvalue weighted by atomic mass is 32.1. The van der Waals surface area contributed by atoms with Gasteiger partial charge in [-0.15, -0.1) is 11.3 Å². The molecule has 0 saturated heterocycles. The molecule has 1 fully saturated rings. The summed E-state index contributed by atoms with van der Waals surface area (Å²) in [5, 5.41) is 8.79. The molecule has 6 nitrogen and oxygen atoms in total. The Hall–Kier alpha value is -3.19. The van der Waals surface area contributed by atoms with Crippen LogP contribution in [0.5, 0.6) is 5.75 Å². The van der Waals surface area contributed by atoms with Gasteiger partial charge in [0, 0.05) is 17.5 Å². The van der Waals surface area contributed by atoms with E-state index in [0.29, 0.717) is 24.6 Å². The van der Waals surface area contributed by atoms with Crippen LogP contribution in [0.25, 0.3) is 0 Å². The zero-order valence-corrected chi connectivity index (χ0v) is 21.1. The quantitative estimate of drug-likeness (QED) is 0.429. The number of thiazole rings is 1. The molecule has 2 amide bonds. The summed E-state index contributed by atoms with van der Waals surface area (Å²) in [7, 11) is 0. The molecule has 0 aliphatic heterocycles. The second-order valence-electron chi connectivity index (χ2n) is 9.39. The molecule has 184 valence electrons. The van der Waals surface area contributed by atoms with Crippen LogP contribution in [-0.2, 0) is 17.8 Å². The lowest BCUT2D eigenvalue weighted by Crippen LogP contribution is -2.44. The number of carbonyl (C=O) groups is 2. The highest BCUT2D eigenvalue weighted by Crippen LogP contribution is 2.22. The topological polar surface area (TPSA) is 80.3 Å². The number of ether oxygens (including phenoxy) is 1. The van der Waals surface area contributed by atoms with Crippen molar-refractivity contribution >= 4 is 23.2 Å². The van der Waals surface area contributed by atoms with Crippen molar-refractivity contribution in [1.82, 2.24) is 15.6 Å². The van der Waals surface area contributed by atoms with Crippen molar-refractivity contribution in [2.45, 2.75) is 70.6 Å². The van der Waals surface area contributed by atoms with Crippen LogP contribution in [0.1, 0.15) is 72.1 Å². The fourth-order valence-electron chi connectivity index (χ4n) is 4.28. The van der Waals surface area contributed by atoms with E-state index < -0.39 is 0 Å². The number of nitrogens with one attached hydrogen (secondary N) is 2. The number of benzene rings is 2. The predicted octanol–water partition coefficient (Wildman–Crippen LogP) is 5.25. The normalized spacial score (nSPS) is 17.7. The summed E-state index contributed by atoms with van der Waals surface area (Å²) < 4.78 is 5.83. The summed E-state index contributed by atoms with van der Waals surface area (Å²) in [6.45, 7) is 4.66. The maximum atomic E-state index is 12.7. The minimum Gasteiger partial charge on any atom is -0.486 e. The van der Waals surface area contributed by atoms with Crippen LogP contribution in [0.3, 0.4) is 0 Å². The lowest BCUT2D eigenvalue weighted by molar-refractivity contribution is -0.121. The molecule has 7 heteroatoms. The summed E-state index contributed by atoms with van der Waals surface area (Å²) in [5.41, 5.74) is 2.72.